The van der Waals surface area contributed by atoms with Crippen LogP contribution in [-0.4, -0.2) is 48.2 Å². The number of morpholine rings is 1. The van der Waals surface area contributed by atoms with Crippen molar-refractivity contribution in [1.82, 2.24) is 10.2 Å². The quantitative estimate of drug-likeness (QED) is 0.769. The van der Waals surface area contributed by atoms with Crippen molar-refractivity contribution in [3.8, 4) is 0 Å². The van der Waals surface area contributed by atoms with Crippen LogP contribution in [0.15, 0.2) is 0 Å². The highest BCUT2D eigenvalue weighted by molar-refractivity contribution is 5.82. The Labute approximate surface area is 110 Å². The summed E-state index contributed by atoms with van der Waals surface area (Å²) >= 11 is 0. The molecule has 18 heavy (non-hydrogen) atoms. The van der Waals surface area contributed by atoms with E-state index in [0.717, 1.165) is 13.0 Å². The Morgan fingerprint density at radius 1 is 1.39 bits per heavy atom. The molecule has 2 aliphatic heterocycles. The first-order chi connectivity index (χ1) is 8.39. The van der Waals surface area contributed by atoms with Crippen LogP contribution in [0.25, 0.3) is 0 Å². The number of hydrogen-bond donors (Lipinski definition) is 1. The molecule has 0 spiro atoms. The molecule has 4 nitrogen and oxygen atoms in total. The van der Waals surface area contributed by atoms with Gasteiger partial charge in [-0.25, -0.2) is 0 Å². The van der Waals surface area contributed by atoms with Gasteiger partial charge in [-0.1, -0.05) is 6.92 Å². The largest absolute Gasteiger partial charge is 0.369 e. The van der Waals surface area contributed by atoms with Gasteiger partial charge in [0.25, 0.3) is 0 Å². The first kappa shape index (κ1) is 13.8. The minimum absolute atomic E-state index is 0.000139. The summed E-state index contributed by atoms with van der Waals surface area (Å²) in [4.78, 5) is 14.6. The molecule has 3 atom stereocenters. The molecule has 0 aromatic rings. The summed E-state index contributed by atoms with van der Waals surface area (Å²) in [5.74, 6) is 0.693. The molecule has 1 amide bonds. The van der Waals surface area contributed by atoms with Crippen molar-refractivity contribution in [2.24, 2.45) is 5.92 Å². The third kappa shape index (κ3) is 3.04. The Kier molecular flexibility index (Phi) is 3.97. The summed E-state index contributed by atoms with van der Waals surface area (Å²) in [6.45, 7) is 10.7. The summed E-state index contributed by atoms with van der Waals surface area (Å²) in [6.07, 6.45) is 2.44. The molecule has 0 aromatic carbocycles. The molecule has 2 saturated heterocycles. The average Bonchev–Trinajstić information content (AvgIpc) is 2.26. The molecule has 104 valence electrons. The van der Waals surface area contributed by atoms with Gasteiger partial charge in [0.2, 0.25) is 5.91 Å². The first-order valence-electron chi connectivity index (χ1n) is 7.09. The average molecular weight is 254 g/mol. The van der Waals surface area contributed by atoms with Crippen molar-refractivity contribution in [3.63, 3.8) is 0 Å². The van der Waals surface area contributed by atoms with Gasteiger partial charge in [-0.15, -0.1) is 0 Å². The zero-order valence-corrected chi connectivity index (χ0v) is 12.0. The van der Waals surface area contributed by atoms with Crippen LogP contribution in [-0.2, 0) is 9.53 Å². The molecule has 3 unspecified atom stereocenters. The van der Waals surface area contributed by atoms with Gasteiger partial charge in [-0.2, -0.15) is 0 Å². The number of carbonyl (C=O) groups is 1. The highest BCUT2D eigenvalue weighted by atomic mass is 16.5. The summed E-state index contributed by atoms with van der Waals surface area (Å²) < 4.78 is 5.85. The molecule has 0 radical (unpaired) electrons. The minimum Gasteiger partial charge on any atom is -0.369 e. The molecule has 0 aromatic heterocycles. The molecular weight excluding hydrogens is 228 g/mol. The molecule has 4 heteroatoms. The number of rotatable bonds is 1. The second kappa shape index (κ2) is 5.17. The lowest BCUT2D eigenvalue weighted by Crippen LogP contribution is -2.59. The van der Waals surface area contributed by atoms with Crippen LogP contribution in [0.3, 0.4) is 0 Å². The zero-order chi connectivity index (χ0) is 13.3. The second-order valence-corrected chi connectivity index (χ2v) is 6.46. The van der Waals surface area contributed by atoms with Gasteiger partial charge < -0.3 is 15.0 Å². The van der Waals surface area contributed by atoms with Gasteiger partial charge in [0.15, 0.2) is 0 Å². The molecule has 2 fully saturated rings. The van der Waals surface area contributed by atoms with E-state index in [-0.39, 0.29) is 23.7 Å². The summed E-state index contributed by atoms with van der Waals surface area (Å²) in [6, 6.07) is -0.000139. The third-order valence-electron chi connectivity index (χ3n) is 3.92. The number of piperidine rings is 1. The monoisotopic (exact) mass is 254 g/mol. The standard InChI is InChI=1S/C14H26N2O2/c1-10-6-5-7-15-12(10)13(17)16-8-11(2)18-14(3,4)9-16/h10-12,15H,5-9H2,1-4H3. The topological polar surface area (TPSA) is 41.6 Å². The van der Waals surface area contributed by atoms with Gasteiger partial charge in [-0.3, -0.25) is 4.79 Å². The zero-order valence-electron chi connectivity index (χ0n) is 12.0. The number of hydrogen-bond acceptors (Lipinski definition) is 3. The lowest BCUT2D eigenvalue weighted by Gasteiger charge is -2.44. The fourth-order valence-electron chi connectivity index (χ4n) is 3.20. The fourth-order valence-corrected chi connectivity index (χ4v) is 3.20. The molecule has 2 aliphatic rings. The SMILES string of the molecule is CC1CN(C(=O)C2NCCCC2C)CC(C)(C)O1. The Hall–Kier alpha value is -0.610. The van der Waals surface area contributed by atoms with E-state index < -0.39 is 0 Å². The Morgan fingerprint density at radius 2 is 2.11 bits per heavy atom. The Morgan fingerprint density at radius 3 is 2.72 bits per heavy atom. The minimum atomic E-state index is -0.231. The van der Waals surface area contributed by atoms with E-state index >= 15 is 0 Å². The van der Waals surface area contributed by atoms with Crippen LogP contribution >= 0.6 is 0 Å². The fraction of sp³-hybridized carbons (Fsp3) is 0.929. The summed E-state index contributed by atoms with van der Waals surface area (Å²) in [7, 11) is 0. The van der Waals surface area contributed by atoms with E-state index in [1.807, 2.05) is 11.8 Å². The normalized spacial score (nSPS) is 36.4. The van der Waals surface area contributed by atoms with Gasteiger partial charge in [0, 0.05) is 13.1 Å². The van der Waals surface area contributed by atoms with E-state index in [9.17, 15) is 4.79 Å². The van der Waals surface area contributed by atoms with E-state index in [4.69, 9.17) is 4.74 Å². The maximum Gasteiger partial charge on any atom is 0.240 e. The van der Waals surface area contributed by atoms with E-state index in [1.54, 1.807) is 0 Å². The molecule has 0 saturated carbocycles. The molecule has 2 heterocycles. The van der Waals surface area contributed by atoms with Crippen molar-refractivity contribution >= 4 is 5.91 Å². The summed E-state index contributed by atoms with van der Waals surface area (Å²) in [5.41, 5.74) is -0.231. The van der Waals surface area contributed by atoms with E-state index in [1.165, 1.54) is 6.42 Å². The van der Waals surface area contributed by atoms with Crippen molar-refractivity contribution in [1.29, 1.82) is 0 Å². The molecule has 0 bridgehead atoms. The first-order valence-corrected chi connectivity index (χ1v) is 7.09. The molecule has 2 rings (SSSR count). The smallest absolute Gasteiger partial charge is 0.240 e. The summed E-state index contributed by atoms with van der Waals surface area (Å²) in [5, 5.41) is 3.38. The Balaban J connectivity index is 2.03. The molecule has 0 aliphatic carbocycles. The van der Waals surface area contributed by atoms with Crippen LogP contribution in [0.1, 0.15) is 40.5 Å². The lowest BCUT2D eigenvalue weighted by molar-refractivity contribution is -0.161. The number of carbonyl (C=O) groups excluding carboxylic acids is 1. The van der Waals surface area contributed by atoms with Crippen molar-refractivity contribution < 1.29 is 9.53 Å². The lowest BCUT2D eigenvalue weighted by atomic mass is 9.91. The number of amides is 1. The van der Waals surface area contributed by atoms with Crippen LogP contribution in [0.5, 0.6) is 0 Å². The number of nitrogens with zero attached hydrogens (tertiary/aromatic N) is 1. The van der Waals surface area contributed by atoms with Crippen molar-refractivity contribution in [2.75, 3.05) is 19.6 Å². The highest BCUT2D eigenvalue weighted by Crippen LogP contribution is 2.24. The van der Waals surface area contributed by atoms with Crippen molar-refractivity contribution in [2.45, 2.75) is 58.3 Å². The van der Waals surface area contributed by atoms with Crippen LogP contribution < -0.4 is 5.32 Å². The molecular formula is C14H26N2O2. The second-order valence-electron chi connectivity index (χ2n) is 6.46. The highest BCUT2D eigenvalue weighted by Gasteiger charge is 2.38. The van der Waals surface area contributed by atoms with Gasteiger partial charge >= 0.3 is 0 Å². The van der Waals surface area contributed by atoms with Gasteiger partial charge in [0.05, 0.1) is 17.7 Å². The predicted octanol–water partition coefficient (Wildman–Crippen LogP) is 1.40. The predicted molar refractivity (Wildman–Crippen MR) is 71.4 cm³/mol. The van der Waals surface area contributed by atoms with Gasteiger partial charge in [0.1, 0.15) is 0 Å². The van der Waals surface area contributed by atoms with Gasteiger partial charge in [-0.05, 0) is 46.1 Å². The molecule has 1 N–H and O–H groups in total. The Bertz CT molecular complexity index is 317. The van der Waals surface area contributed by atoms with E-state index in [0.29, 0.717) is 19.0 Å². The maximum absolute atomic E-state index is 12.6. The van der Waals surface area contributed by atoms with E-state index in [2.05, 4.69) is 26.1 Å². The maximum atomic E-state index is 12.6. The number of nitrogens with one attached hydrogen (secondary N) is 1. The van der Waals surface area contributed by atoms with Crippen molar-refractivity contribution in [3.05, 3.63) is 0 Å². The van der Waals surface area contributed by atoms with Crippen LogP contribution in [0.4, 0.5) is 0 Å². The van der Waals surface area contributed by atoms with Crippen LogP contribution in [0.2, 0.25) is 0 Å². The number of ether oxygens (including phenoxy) is 1. The third-order valence-corrected chi connectivity index (χ3v) is 3.92. The van der Waals surface area contributed by atoms with Crippen LogP contribution in [0, 0.1) is 5.92 Å².